The van der Waals surface area contributed by atoms with Crippen molar-refractivity contribution in [2.45, 2.75) is 19.3 Å². The molecule has 0 unspecified atom stereocenters. The van der Waals surface area contributed by atoms with E-state index in [1.54, 1.807) is 0 Å². The zero-order valence-electron chi connectivity index (χ0n) is 11.0. The number of benzene rings is 1. The van der Waals surface area contributed by atoms with Crippen molar-refractivity contribution < 1.29 is 35.9 Å². The minimum absolute atomic E-state index is 0.207. The number of aromatic nitrogens is 1. The first-order chi connectivity index (χ1) is 10.1. The number of rotatable bonds is 2. The maximum atomic E-state index is 13.0. The number of carbonyl (C=O) groups is 1. The van der Waals surface area contributed by atoms with E-state index in [2.05, 4.69) is 4.74 Å². The van der Waals surface area contributed by atoms with Crippen molar-refractivity contribution in [2.75, 3.05) is 6.61 Å². The molecule has 2 rings (SSSR count). The lowest BCUT2D eigenvalue weighted by atomic mass is 10.1. The van der Waals surface area contributed by atoms with E-state index in [9.17, 15) is 31.1 Å². The summed E-state index contributed by atoms with van der Waals surface area (Å²) in [6.07, 6.45) is -9.67. The van der Waals surface area contributed by atoms with Gasteiger partial charge in [0, 0.05) is 10.9 Å². The molecule has 1 heterocycles. The number of nitrogens with one attached hydrogen (secondary N) is 1. The van der Waals surface area contributed by atoms with Gasteiger partial charge in [-0.2, -0.15) is 26.3 Å². The van der Waals surface area contributed by atoms with Gasteiger partial charge in [0.15, 0.2) is 0 Å². The van der Waals surface area contributed by atoms with Gasteiger partial charge in [-0.15, -0.1) is 0 Å². The maximum absolute atomic E-state index is 13.0. The number of alkyl halides is 6. The van der Waals surface area contributed by atoms with E-state index in [-0.39, 0.29) is 12.1 Å². The van der Waals surface area contributed by atoms with Crippen molar-refractivity contribution in [2.24, 2.45) is 0 Å². The molecule has 0 radical (unpaired) electrons. The van der Waals surface area contributed by atoms with Gasteiger partial charge in [0.25, 0.3) is 0 Å². The van der Waals surface area contributed by atoms with Crippen LogP contribution in [0.2, 0.25) is 0 Å². The molecular formula is C13H9F6NO2. The van der Waals surface area contributed by atoms with Crippen LogP contribution in [0, 0.1) is 0 Å². The van der Waals surface area contributed by atoms with E-state index in [1.807, 2.05) is 4.98 Å². The number of carbonyl (C=O) groups excluding carboxylic acids is 1. The Kier molecular flexibility index (Phi) is 3.84. The first kappa shape index (κ1) is 16.2. The van der Waals surface area contributed by atoms with Crippen LogP contribution in [0.4, 0.5) is 26.3 Å². The van der Waals surface area contributed by atoms with Crippen LogP contribution in [0.5, 0.6) is 0 Å². The van der Waals surface area contributed by atoms with Gasteiger partial charge in [-0.3, -0.25) is 0 Å². The van der Waals surface area contributed by atoms with Gasteiger partial charge in [-0.1, -0.05) is 0 Å². The Morgan fingerprint density at radius 2 is 1.77 bits per heavy atom. The van der Waals surface area contributed by atoms with E-state index in [0.717, 1.165) is 6.07 Å². The summed E-state index contributed by atoms with van der Waals surface area (Å²) in [5.74, 6) is -1.33. The number of aromatic amines is 1. The first-order valence-corrected chi connectivity index (χ1v) is 6.03. The predicted molar refractivity (Wildman–Crippen MR) is 64.3 cm³/mol. The summed E-state index contributed by atoms with van der Waals surface area (Å²) in [6, 6.07) is 1.97. The number of hydrogen-bond acceptors (Lipinski definition) is 2. The van der Waals surface area contributed by atoms with Crippen molar-refractivity contribution in [3.05, 3.63) is 35.0 Å². The Hall–Kier alpha value is -2.19. The van der Waals surface area contributed by atoms with Crippen molar-refractivity contribution in [1.29, 1.82) is 0 Å². The SMILES string of the molecule is CCOC(=O)c1c(C(F)(F)F)[nH]c2ccc(C(F)(F)F)cc12. The summed E-state index contributed by atoms with van der Waals surface area (Å²) in [4.78, 5) is 13.7. The third kappa shape index (κ3) is 2.88. The molecule has 0 bridgehead atoms. The quantitative estimate of drug-likeness (QED) is 0.657. The van der Waals surface area contributed by atoms with E-state index in [1.165, 1.54) is 6.92 Å². The molecule has 1 aromatic heterocycles. The third-order valence-corrected chi connectivity index (χ3v) is 2.89. The van der Waals surface area contributed by atoms with Gasteiger partial charge in [0.1, 0.15) is 5.69 Å². The summed E-state index contributed by atoms with van der Waals surface area (Å²) in [5, 5.41) is -0.486. The van der Waals surface area contributed by atoms with Crippen LogP contribution >= 0.6 is 0 Å². The summed E-state index contributed by atoms with van der Waals surface area (Å²) < 4.78 is 81.5. The molecule has 0 aliphatic rings. The number of H-pyrrole nitrogens is 1. The molecule has 2 aromatic rings. The number of halogens is 6. The Labute approximate surface area is 119 Å². The minimum Gasteiger partial charge on any atom is -0.462 e. The lowest BCUT2D eigenvalue weighted by Gasteiger charge is -2.08. The van der Waals surface area contributed by atoms with E-state index in [0.29, 0.717) is 12.1 Å². The Balaban J connectivity index is 2.76. The zero-order chi connectivity index (χ0) is 16.7. The van der Waals surface area contributed by atoms with E-state index in [4.69, 9.17) is 0 Å². The van der Waals surface area contributed by atoms with Gasteiger partial charge in [-0.25, -0.2) is 4.79 Å². The average Bonchev–Trinajstić information content (AvgIpc) is 2.76. The van der Waals surface area contributed by atoms with Crippen molar-refractivity contribution in [1.82, 2.24) is 4.98 Å². The third-order valence-electron chi connectivity index (χ3n) is 2.89. The number of hydrogen-bond donors (Lipinski definition) is 1. The van der Waals surface area contributed by atoms with Gasteiger partial charge in [0.05, 0.1) is 17.7 Å². The molecule has 0 fully saturated rings. The molecule has 0 atom stereocenters. The maximum Gasteiger partial charge on any atom is 0.432 e. The summed E-state index contributed by atoms with van der Waals surface area (Å²) in [5.41, 5.74) is -3.77. The topological polar surface area (TPSA) is 42.1 Å². The molecular weight excluding hydrogens is 316 g/mol. The van der Waals surface area contributed by atoms with Crippen LogP contribution in [0.25, 0.3) is 10.9 Å². The number of esters is 1. The van der Waals surface area contributed by atoms with Crippen LogP contribution < -0.4 is 0 Å². The second-order valence-electron chi connectivity index (χ2n) is 4.35. The molecule has 22 heavy (non-hydrogen) atoms. The average molecular weight is 325 g/mol. The standard InChI is InChI=1S/C13H9F6NO2/c1-2-22-11(21)9-7-5-6(12(14,15)16)3-4-8(7)20-10(9)13(17,18)19/h3-5,20H,2H2,1H3. The van der Waals surface area contributed by atoms with E-state index < -0.39 is 40.5 Å². The van der Waals surface area contributed by atoms with Crippen LogP contribution in [0.1, 0.15) is 28.5 Å². The Bertz CT molecular complexity index is 714. The highest BCUT2D eigenvalue weighted by Gasteiger charge is 2.40. The smallest absolute Gasteiger partial charge is 0.432 e. The minimum atomic E-state index is -4.93. The highest BCUT2D eigenvalue weighted by Crippen LogP contribution is 2.38. The normalized spacial score (nSPS) is 12.7. The summed E-state index contributed by atoms with van der Waals surface area (Å²) in [6.45, 7) is 1.17. The molecule has 120 valence electrons. The Morgan fingerprint density at radius 1 is 1.14 bits per heavy atom. The lowest BCUT2D eigenvalue weighted by Crippen LogP contribution is -2.14. The predicted octanol–water partition coefficient (Wildman–Crippen LogP) is 4.38. The Morgan fingerprint density at radius 3 is 2.27 bits per heavy atom. The first-order valence-electron chi connectivity index (χ1n) is 6.03. The fourth-order valence-corrected chi connectivity index (χ4v) is 2.00. The van der Waals surface area contributed by atoms with Crippen molar-refractivity contribution >= 4 is 16.9 Å². The zero-order valence-corrected chi connectivity index (χ0v) is 11.0. The highest BCUT2D eigenvalue weighted by molar-refractivity contribution is 6.06. The van der Waals surface area contributed by atoms with Crippen molar-refractivity contribution in [3.63, 3.8) is 0 Å². The van der Waals surface area contributed by atoms with Gasteiger partial charge >= 0.3 is 18.3 Å². The summed E-state index contributed by atoms with van der Waals surface area (Å²) >= 11 is 0. The monoisotopic (exact) mass is 325 g/mol. The second kappa shape index (κ2) is 5.22. The molecule has 0 saturated carbocycles. The van der Waals surface area contributed by atoms with Crippen LogP contribution in [-0.4, -0.2) is 17.6 Å². The van der Waals surface area contributed by atoms with Gasteiger partial charge in [0.2, 0.25) is 0 Å². The number of fused-ring (bicyclic) bond motifs is 1. The van der Waals surface area contributed by atoms with Gasteiger partial charge in [-0.05, 0) is 25.1 Å². The molecule has 0 aliphatic carbocycles. The lowest BCUT2D eigenvalue weighted by molar-refractivity contribution is -0.141. The molecule has 9 heteroatoms. The molecule has 1 N–H and O–H groups in total. The van der Waals surface area contributed by atoms with E-state index >= 15 is 0 Å². The van der Waals surface area contributed by atoms with Crippen molar-refractivity contribution in [3.8, 4) is 0 Å². The van der Waals surface area contributed by atoms with Crippen LogP contribution in [-0.2, 0) is 17.1 Å². The summed E-state index contributed by atoms with van der Waals surface area (Å²) in [7, 11) is 0. The fraction of sp³-hybridized carbons (Fsp3) is 0.308. The molecule has 0 saturated heterocycles. The molecule has 0 amide bonds. The molecule has 0 aliphatic heterocycles. The molecule has 1 aromatic carbocycles. The molecule has 3 nitrogen and oxygen atoms in total. The molecule has 0 spiro atoms. The van der Waals surface area contributed by atoms with Crippen LogP contribution in [0.15, 0.2) is 18.2 Å². The number of ether oxygens (including phenoxy) is 1. The fourth-order valence-electron chi connectivity index (χ4n) is 2.00. The van der Waals surface area contributed by atoms with Gasteiger partial charge < -0.3 is 9.72 Å². The second-order valence-corrected chi connectivity index (χ2v) is 4.35. The highest BCUT2D eigenvalue weighted by atomic mass is 19.4. The van der Waals surface area contributed by atoms with Crippen LogP contribution in [0.3, 0.4) is 0 Å². The largest absolute Gasteiger partial charge is 0.462 e.